The molecule has 0 radical (unpaired) electrons. The summed E-state index contributed by atoms with van der Waals surface area (Å²) in [5.74, 6) is 3.44. The van der Waals surface area contributed by atoms with Crippen molar-refractivity contribution in [1.82, 2.24) is 0 Å². The van der Waals surface area contributed by atoms with E-state index in [9.17, 15) is 4.39 Å². The van der Waals surface area contributed by atoms with E-state index in [0.717, 1.165) is 35.7 Å². The quantitative estimate of drug-likeness (QED) is 0.297. The monoisotopic (exact) mass is 439 g/mol. The van der Waals surface area contributed by atoms with Gasteiger partial charge in [0.1, 0.15) is 11.9 Å². The molecule has 3 rings (SSSR count). The lowest BCUT2D eigenvalue weighted by molar-refractivity contribution is 0.208. The van der Waals surface area contributed by atoms with Crippen molar-refractivity contribution in [2.45, 2.75) is 122 Å². The minimum atomic E-state index is -0.366. The maximum atomic E-state index is 13.8. The van der Waals surface area contributed by atoms with Crippen LogP contribution in [-0.4, -0.2) is 0 Å². The predicted octanol–water partition coefficient (Wildman–Crippen LogP) is 9.38. The Morgan fingerprint density at radius 3 is 1.81 bits per heavy atom. The third-order valence-electron chi connectivity index (χ3n) is 8.63. The van der Waals surface area contributed by atoms with Gasteiger partial charge < -0.3 is 0 Å². The fraction of sp³-hybridized carbons (Fsp3) is 0.767. The van der Waals surface area contributed by atoms with E-state index < -0.39 is 0 Å². The molecule has 2 aliphatic rings. The Kier molecular flexibility index (Phi) is 11.1. The summed E-state index contributed by atoms with van der Waals surface area (Å²) in [4.78, 5) is 0. The van der Waals surface area contributed by atoms with Crippen molar-refractivity contribution in [2.24, 2.45) is 23.7 Å². The zero-order valence-corrected chi connectivity index (χ0v) is 20.6. The fourth-order valence-corrected chi connectivity index (χ4v) is 6.30. The average molecular weight is 440 g/mol. The first-order valence-corrected chi connectivity index (χ1v) is 13.9. The third-order valence-corrected chi connectivity index (χ3v) is 8.63. The molecule has 0 atom stereocenters. The van der Waals surface area contributed by atoms with Crippen LogP contribution < -0.4 is 0 Å². The van der Waals surface area contributed by atoms with Crippen LogP contribution in [0.5, 0.6) is 0 Å². The molecule has 2 aliphatic carbocycles. The van der Waals surface area contributed by atoms with Crippen molar-refractivity contribution in [2.75, 3.05) is 0 Å². The molecule has 0 aromatic heterocycles. The number of benzene rings is 1. The van der Waals surface area contributed by atoms with Crippen LogP contribution in [0.4, 0.5) is 4.39 Å². The molecule has 0 heterocycles. The van der Waals surface area contributed by atoms with E-state index in [1.807, 2.05) is 12.1 Å². The lowest BCUT2D eigenvalue weighted by Gasteiger charge is -2.32. The van der Waals surface area contributed by atoms with Crippen LogP contribution >= 0.6 is 0 Å². The summed E-state index contributed by atoms with van der Waals surface area (Å²) in [6, 6.07) is 7.02. The summed E-state index contributed by atoms with van der Waals surface area (Å²) in [5.41, 5.74) is 1.20. The largest absolute Gasteiger partial charge is 0.206 e. The number of hydrogen-bond donors (Lipinski definition) is 0. The van der Waals surface area contributed by atoms with E-state index in [2.05, 4.69) is 6.92 Å². The van der Waals surface area contributed by atoms with Gasteiger partial charge in [-0.1, -0.05) is 116 Å². The highest BCUT2D eigenvalue weighted by Crippen LogP contribution is 2.38. The van der Waals surface area contributed by atoms with Crippen molar-refractivity contribution >= 4 is 0 Å². The standard InChI is InChI=1S/C30H46FN/c1-2-3-4-5-6-7-24-8-10-25(11-9-24)12-13-26-14-16-27(17-15-26)18-19-28-20-21-29(23-32)30(31)22-28/h20-22,24-27H,2-19H2,1H3/t24-,25-,26-,27-. The van der Waals surface area contributed by atoms with Crippen molar-refractivity contribution in [1.29, 1.82) is 5.26 Å². The number of halogens is 1. The van der Waals surface area contributed by atoms with Crippen LogP contribution in [0.25, 0.3) is 0 Å². The van der Waals surface area contributed by atoms with Gasteiger partial charge in [0.25, 0.3) is 0 Å². The van der Waals surface area contributed by atoms with Crippen LogP contribution in [0.3, 0.4) is 0 Å². The molecular weight excluding hydrogens is 393 g/mol. The Balaban J connectivity index is 1.24. The molecule has 0 N–H and O–H groups in total. The van der Waals surface area contributed by atoms with E-state index in [-0.39, 0.29) is 11.4 Å². The maximum absolute atomic E-state index is 13.8. The molecule has 2 heteroatoms. The summed E-state index contributed by atoms with van der Waals surface area (Å²) in [5, 5.41) is 8.87. The molecule has 1 nitrogen and oxygen atoms in total. The second-order valence-electron chi connectivity index (χ2n) is 11.0. The van der Waals surface area contributed by atoms with E-state index in [1.165, 1.54) is 109 Å². The van der Waals surface area contributed by atoms with Gasteiger partial charge in [-0.25, -0.2) is 4.39 Å². The van der Waals surface area contributed by atoms with Gasteiger partial charge in [0.05, 0.1) is 5.56 Å². The van der Waals surface area contributed by atoms with Crippen molar-refractivity contribution < 1.29 is 4.39 Å². The molecule has 0 amide bonds. The topological polar surface area (TPSA) is 23.8 Å². The molecule has 0 spiro atoms. The first kappa shape index (κ1) is 25.3. The molecule has 1 aromatic rings. The van der Waals surface area contributed by atoms with Gasteiger partial charge >= 0.3 is 0 Å². The minimum Gasteiger partial charge on any atom is -0.206 e. The smallest absolute Gasteiger partial charge is 0.141 e. The summed E-state index contributed by atoms with van der Waals surface area (Å²) in [6.45, 7) is 2.30. The number of nitrogens with zero attached hydrogens (tertiary/aromatic N) is 1. The Morgan fingerprint density at radius 1 is 0.750 bits per heavy atom. The molecule has 2 fully saturated rings. The molecule has 0 saturated heterocycles. The SMILES string of the molecule is CCCCCCC[C@H]1CC[C@H](CC[C@H]2CC[C@H](CCc3ccc(C#N)c(F)c3)CC2)CC1. The Labute approximate surface area is 197 Å². The fourth-order valence-electron chi connectivity index (χ4n) is 6.30. The highest BCUT2D eigenvalue weighted by molar-refractivity contribution is 5.33. The second-order valence-corrected chi connectivity index (χ2v) is 11.0. The minimum absolute atomic E-state index is 0.158. The predicted molar refractivity (Wildman–Crippen MR) is 133 cm³/mol. The number of hydrogen-bond acceptors (Lipinski definition) is 1. The normalized spacial score (nSPS) is 26.0. The number of unbranched alkanes of at least 4 members (excludes halogenated alkanes) is 4. The summed E-state index contributed by atoms with van der Waals surface area (Å²) in [6.07, 6.45) is 25.2. The van der Waals surface area contributed by atoms with Crippen molar-refractivity contribution in [3.8, 4) is 6.07 Å². The highest BCUT2D eigenvalue weighted by Gasteiger charge is 2.24. The molecule has 0 aliphatic heterocycles. The molecule has 1 aromatic carbocycles. The lowest BCUT2D eigenvalue weighted by Crippen LogP contribution is -2.18. The lowest BCUT2D eigenvalue weighted by atomic mass is 9.74. The Bertz CT molecular complexity index is 689. The van der Waals surface area contributed by atoms with Gasteiger partial charge in [-0.15, -0.1) is 0 Å². The molecule has 0 bridgehead atoms. The maximum Gasteiger partial charge on any atom is 0.141 e. The molecule has 0 unspecified atom stereocenters. The van der Waals surface area contributed by atoms with E-state index >= 15 is 0 Å². The first-order chi connectivity index (χ1) is 15.7. The highest BCUT2D eigenvalue weighted by atomic mass is 19.1. The molecule has 32 heavy (non-hydrogen) atoms. The summed E-state index contributed by atoms with van der Waals surface area (Å²) in [7, 11) is 0. The Morgan fingerprint density at radius 2 is 1.28 bits per heavy atom. The van der Waals surface area contributed by atoms with Gasteiger partial charge in [0, 0.05) is 0 Å². The molecular formula is C30H46FN. The number of rotatable bonds is 12. The zero-order valence-electron chi connectivity index (χ0n) is 20.6. The van der Waals surface area contributed by atoms with E-state index in [0.29, 0.717) is 0 Å². The van der Waals surface area contributed by atoms with Gasteiger partial charge in [0.2, 0.25) is 0 Å². The number of nitriles is 1. The van der Waals surface area contributed by atoms with E-state index in [4.69, 9.17) is 5.26 Å². The van der Waals surface area contributed by atoms with Crippen LogP contribution in [-0.2, 0) is 6.42 Å². The van der Waals surface area contributed by atoms with Crippen LogP contribution in [0.2, 0.25) is 0 Å². The van der Waals surface area contributed by atoms with Crippen molar-refractivity contribution in [3.63, 3.8) is 0 Å². The van der Waals surface area contributed by atoms with Crippen LogP contribution in [0.15, 0.2) is 18.2 Å². The van der Waals surface area contributed by atoms with Gasteiger partial charge in [0.15, 0.2) is 0 Å². The van der Waals surface area contributed by atoms with Gasteiger partial charge in [-0.05, 0) is 54.2 Å². The van der Waals surface area contributed by atoms with Crippen molar-refractivity contribution in [3.05, 3.63) is 35.1 Å². The zero-order chi connectivity index (χ0) is 22.6. The second kappa shape index (κ2) is 14.0. The van der Waals surface area contributed by atoms with Gasteiger partial charge in [-0.3, -0.25) is 0 Å². The molecule has 178 valence electrons. The third kappa shape index (κ3) is 8.53. The first-order valence-electron chi connectivity index (χ1n) is 13.9. The average Bonchev–Trinajstić information content (AvgIpc) is 2.83. The van der Waals surface area contributed by atoms with Gasteiger partial charge in [-0.2, -0.15) is 5.26 Å². The van der Waals surface area contributed by atoms with Crippen LogP contribution in [0, 0.1) is 40.8 Å². The number of aryl methyl sites for hydroxylation is 1. The Hall–Kier alpha value is -1.36. The molecule has 2 saturated carbocycles. The van der Waals surface area contributed by atoms with E-state index in [1.54, 1.807) is 12.1 Å². The van der Waals surface area contributed by atoms with Crippen LogP contribution in [0.1, 0.15) is 127 Å². The summed E-state index contributed by atoms with van der Waals surface area (Å²) >= 11 is 0. The summed E-state index contributed by atoms with van der Waals surface area (Å²) < 4.78 is 13.8.